The molecule has 0 atom stereocenters. The summed E-state index contributed by atoms with van der Waals surface area (Å²) in [7, 11) is 0. The number of nitrogen functional groups attached to an aromatic ring is 1. The van der Waals surface area contributed by atoms with Crippen LogP contribution in [0.2, 0.25) is 0 Å². The molecule has 2 rings (SSSR count). The lowest BCUT2D eigenvalue weighted by molar-refractivity contribution is -0.00205. The maximum atomic E-state index is 11.9. The molecule has 7 heteroatoms. The Hall–Kier alpha value is -1.21. The van der Waals surface area contributed by atoms with Crippen molar-refractivity contribution in [1.82, 2.24) is 15.1 Å². The second-order valence-electron chi connectivity index (χ2n) is 4.23. The fourth-order valence-corrected chi connectivity index (χ4v) is 2.23. The van der Waals surface area contributed by atoms with E-state index in [1.54, 1.807) is 11.8 Å². The lowest BCUT2D eigenvalue weighted by Gasteiger charge is -2.35. The van der Waals surface area contributed by atoms with Crippen LogP contribution in [0.1, 0.15) is 29.6 Å². The molecule has 0 saturated carbocycles. The quantitative estimate of drug-likeness (QED) is 0.729. The zero-order chi connectivity index (χ0) is 11.8. The van der Waals surface area contributed by atoms with Crippen LogP contribution in [0.4, 0.5) is 5.13 Å². The average molecular weight is 242 g/mol. The fraction of sp³-hybridized carbons (Fsp3) is 0.667. The van der Waals surface area contributed by atoms with Crippen molar-refractivity contribution in [2.75, 3.05) is 18.8 Å². The number of rotatable bonds is 1. The zero-order valence-electron chi connectivity index (χ0n) is 9.01. The molecular formula is C9H14N4O2S. The molecule has 2 heterocycles. The SMILES string of the molecule is CC1(O)CCN(C(=O)c2nnc(N)s2)CC1. The molecule has 3 N–H and O–H groups in total. The smallest absolute Gasteiger partial charge is 0.284 e. The molecule has 16 heavy (non-hydrogen) atoms. The predicted molar refractivity (Wildman–Crippen MR) is 60.1 cm³/mol. The predicted octanol–water partition coefficient (Wildman–Crippen LogP) is 0.107. The lowest BCUT2D eigenvalue weighted by atomic mass is 9.94. The maximum Gasteiger partial charge on any atom is 0.284 e. The van der Waals surface area contributed by atoms with Gasteiger partial charge in [-0.05, 0) is 19.8 Å². The van der Waals surface area contributed by atoms with E-state index in [1.165, 1.54) is 0 Å². The molecule has 0 spiro atoms. The van der Waals surface area contributed by atoms with Gasteiger partial charge in [0.25, 0.3) is 5.91 Å². The number of hydrogen-bond acceptors (Lipinski definition) is 6. The third-order valence-electron chi connectivity index (χ3n) is 2.75. The van der Waals surface area contributed by atoms with Crippen molar-refractivity contribution in [3.8, 4) is 0 Å². The Morgan fingerprint density at radius 2 is 2.12 bits per heavy atom. The number of anilines is 1. The van der Waals surface area contributed by atoms with Crippen LogP contribution < -0.4 is 5.73 Å². The Morgan fingerprint density at radius 3 is 2.62 bits per heavy atom. The Labute approximate surface area is 97.1 Å². The van der Waals surface area contributed by atoms with E-state index >= 15 is 0 Å². The topological polar surface area (TPSA) is 92.3 Å². The van der Waals surface area contributed by atoms with Gasteiger partial charge in [0.15, 0.2) is 0 Å². The number of likely N-dealkylation sites (tertiary alicyclic amines) is 1. The number of piperidine rings is 1. The zero-order valence-corrected chi connectivity index (χ0v) is 9.83. The normalized spacial score (nSPS) is 19.8. The minimum atomic E-state index is -0.656. The molecule has 1 aromatic heterocycles. The van der Waals surface area contributed by atoms with Gasteiger partial charge < -0.3 is 15.7 Å². The molecule has 1 aliphatic heterocycles. The summed E-state index contributed by atoms with van der Waals surface area (Å²) in [6, 6.07) is 0. The van der Waals surface area contributed by atoms with Gasteiger partial charge in [-0.1, -0.05) is 11.3 Å². The number of amides is 1. The van der Waals surface area contributed by atoms with Gasteiger partial charge in [0.1, 0.15) is 0 Å². The maximum absolute atomic E-state index is 11.9. The van der Waals surface area contributed by atoms with Crippen molar-refractivity contribution in [3.63, 3.8) is 0 Å². The van der Waals surface area contributed by atoms with E-state index < -0.39 is 5.60 Å². The second kappa shape index (κ2) is 3.99. The molecule has 1 saturated heterocycles. The Bertz CT molecular complexity index is 394. The summed E-state index contributed by atoms with van der Waals surface area (Å²) in [5.41, 5.74) is 4.77. The molecule has 1 fully saturated rings. The van der Waals surface area contributed by atoms with Crippen molar-refractivity contribution in [2.24, 2.45) is 0 Å². The summed E-state index contributed by atoms with van der Waals surface area (Å²) in [5, 5.41) is 17.7. The molecule has 0 aliphatic carbocycles. The highest BCUT2D eigenvalue weighted by molar-refractivity contribution is 7.16. The highest BCUT2D eigenvalue weighted by atomic mass is 32.1. The Kier molecular flexibility index (Phi) is 2.81. The van der Waals surface area contributed by atoms with E-state index in [2.05, 4.69) is 10.2 Å². The van der Waals surface area contributed by atoms with Crippen LogP contribution in [0.3, 0.4) is 0 Å². The van der Waals surface area contributed by atoms with Gasteiger partial charge in [-0.15, -0.1) is 10.2 Å². The first-order valence-corrected chi connectivity index (χ1v) is 5.90. The molecule has 0 aromatic carbocycles. The molecule has 0 bridgehead atoms. The van der Waals surface area contributed by atoms with Gasteiger partial charge in [-0.2, -0.15) is 0 Å². The van der Waals surface area contributed by atoms with E-state index in [1.807, 2.05) is 0 Å². The van der Waals surface area contributed by atoms with E-state index in [9.17, 15) is 9.90 Å². The van der Waals surface area contributed by atoms with Crippen LogP contribution in [0.5, 0.6) is 0 Å². The second-order valence-corrected chi connectivity index (χ2v) is 5.24. The van der Waals surface area contributed by atoms with Gasteiger partial charge in [0.05, 0.1) is 5.60 Å². The van der Waals surface area contributed by atoms with Crippen LogP contribution in [-0.4, -0.2) is 44.8 Å². The van der Waals surface area contributed by atoms with Gasteiger partial charge in [-0.3, -0.25) is 4.79 Å². The number of hydrogen-bond donors (Lipinski definition) is 2. The lowest BCUT2D eigenvalue weighted by Crippen LogP contribution is -2.45. The monoisotopic (exact) mass is 242 g/mol. The van der Waals surface area contributed by atoms with Crippen LogP contribution in [0, 0.1) is 0 Å². The fourth-order valence-electron chi connectivity index (χ4n) is 1.65. The highest BCUT2D eigenvalue weighted by Crippen LogP contribution is 2.23. The molecule has 0 radical (unpaired) electrons. The molecule has 1 amide bonds. The first-order valence-electron chi connectivity index (χ1n) is 5.09. The van der Waals surface area contributed by atoms with Crippen molar-refractivity contribution >= 4 is 22.4 Å². The van der Waals surface area contributed by atoms with Gasteiger partial charge in [0.2, 0.25) is 10.1 Å². The van der Waals surface area contributed by atoms with Crippen LogP contribution in [-0.2, 0) is 0 Å². The molecule has 88 valence electrons. The first kappa shape index (κ1) is 11.3. The van der Waals surface area contributed by atoms with Crippen molar-refractivity contribution in [1.29, 1.82) is 0 Å². The number of aromatic nitrogens is 2. The molecule has 1 aliphatic rings. The van der Waals surface area contributed by atoms with Crippen LogP contribution in [0.15, 0.2) is 0 Å². The number of aliphatic hydroxyl groups is 1. The minimum absolute atomic E-state index is 0.148. The van der Waals surface area contributed by atoms with Crippen molar-refractivity contribution < 1.29 is 9.90 Å². The summed E-state index contributed by atoms with van der Waals surface area (Å²) < 4.78 is 0. The number of carbonyl (C=O) groups is 1. The summed E-state index contributed by atoms with van der Waals surface area (Å²) in [5.74, 6) is -0.148. The third kappa shape index (κ3) is 2.30. The largest absolute Gasteiger partial charge is 0.390 e. The van der Waals surface area contributed by atoms with E-state index in [-0.39, 0.29) is 5.91 Å². The summed E-state index contributed by atoms with van der Waals surface area (Å²) >= 11 is 1.09. The Balaban J connectivity index is 2.02. The standard InChI is InChI=1S/C9H14N4O2S/c1-9(15)2-4-13(5-3-9)7(14)6-11-12-8(10)16-6/h15H,2-5H2,1H3,(H2,10,12). The van der Waals surface area contributed by atoms with Crippen molar-refractivity contribution in [3.05, 3.63) is 5.01 Å². The van der Waals surface area contributed by atoms with E-state index in [0.29, 0.717) is 36.1 Å². The average Bonchev–Trinajstić information content (AvgIpc) is 2.64. The van der Waals surface area contributed by atoms with Crippen LogP contribution in [0.25, 0.3) is 0 Å². The van der Waals surface area contributed by atoms with Crippen molar-refractivity contribution in [2.45, 2.75) is 25.4 Å². The highest BCUT2D eigenvalue weighted by Gasteiger charge is 2.31. The molecule has 1 aromatic rings. The molecule has 0 unspecified atom stereocenters. The Morgan fingerprint density at radius 1 is 1.50 bits per heavy atom. The molecular weight excluding hydrogens is 228 g/mol. The number of nitrogens with zero attached hydrogens (tertiary/aromatic N) is 3. The van der Waals surface area contributed by atoms with E-state index in [4.69, 9.17) is 5.73 Å². The minimum Gasteiger partial charge on any atom is -0.390 e. The summed E-state index contributed by atoms with van der Waals surface area (Å²) in [4.78, 5) is 13.6. The molecule has 6 nitrogen and oxygen atoms in total. The van der Waals surface area contributed by atoms with Crippen LogP contribution >= 0.6 is 11.3 Å². The van der Waals surface area contributed by atoms with Gasteiger partial charge in [0, 0.05) is 13.1 Å². The number of nitrogens with two attached hydrogens (primary N) is 1. The summed E-state index contributed by atoms with van der Waals surface area (Å²) in [6.45, 7) is 2.88. The summed E-state index contributed by atoms with van der Waals surface area (Å²) in [6.07, 6.45) is 1.18. The van der Waals surface area contributed by atoms with E-state index in [0.717, 1.165) is 11.3 Å². The first-order chi connectivity index (χ1) is 7.48. The van der Waals surface area contributed by atoms with Gasteiger partial charge in [-0.25, -0.2) is 0 Å². The number of carbonyl (C=O) groups excluding carboxylic acids is 1. The van der Waals surface area contributed by atoms with Gasteiger partial charge >= 0.3 is 0 Å². The third-order valence-corrected chi connectivity index (χ3v) is 3.49.